The second-order valence-electron chi connectivity index (χ2n) is 3.55. The van der Waals surface area contributed by atoms with Crippen molar-refractivity contribution in [1.82, 2.24) is 16.0 Å². The minimum Gasteiger partial charge on any atom is -0.321 e. The number of carbonyl (C=O) groups excluding carboxylic acids is 3. The molecule has 0 unspecified atom stereocenters. The summed E-state index contributed by atoms with van der Waals surface area (Å²) in [6, 6.07) is 3.73. The molecule has 108 valence electrons. The van der Waals surface area contributed by atoms with Crippen LogP contribution in [0.4, 0.5) is 13.2 Å². The Bertz CT molecular complexity index is 495. The molecule has 0 radical (unpaired) electrons. The van der Waals surface area contributed by atoms with E-state index < -0.39 is 23.9 Å². The van der Waals surface area contributed by atoms with Gasteiger partial charge in [-0.25, -0.2) is 0 Å². The number of rotatable bonds is 6. The van der Waals surface area contributed by atoms with Gasteiger partial charge in [0.2, 0.25) is 12.8 Å². The summed E-state index contributed by atoms with van der Waals surface area (Å²) < 4.78 is 37.5. The summed E-state index contributed by atoms with van der Waals surface area (Å²) in [5, 5.41) is 6.23. The van der Waals surface area contributed by atoms with Crippen LogP contribution in [-0.2, 0) is 15.8 Å². The van der Waals surface area contributed by atoms with Gasteiger partial charge in [-0.15, -0.1) is 0 Å². The lowest BCUT2D eigenvalue weighted by Gasteiger charge is -2.17. The molecule has 0 saturated heterocycles. The molecule has 0 aliphatic heterocycles. The van der Waals surface area contributed by atoms with Crippen LogP contribution in [0.3, 0.4) is 0 Å². The lowest BCUT2D eigenvalue weighted by Crippen LogP contribution is -2.53. The van der Waals surface area contributed by atoms with Crippen LogP contribution in [0.5, 0.6) is 0 Å². The Kier molecular flexibility index (Phi) is 5.07. The Hall–Kier alpha value is -2.58. The molecule has 3 amide bonds. The molecule has 1 rings (SSSR count). The second-order valence-corrected chi connectivity index (χ2v) is 3.55. The third kappa shape index (κ3) is 4.26. The van der Waals surface area contributed by atoms with Gasteiger partial charge in [-0.1, -0.05) is 6.07 Å². The lowest BCUT2D eigenvalue weighted by molar-refractivity contribution is -0.137. The van der Waals surface area contributed by atoms with Crippen LogP contribution in [0.25, 0.3) is 0 Å². The van der Waals surface area contributed by atoms with Crippen LogP contribution in [-0.4, -0.2) is 25.0 Å². The fraction of sp³-hybridized carbons (Fsp3) is 0.182. The number of halogens is 3. The Morgan fingerprint density at radius 3 is 2.25 bits per heavy atom. The maximum absolute atomic E-state index is 12.5. The number of alkyl halides is 3. The van der Waals surface area contributed by atoms with Gasteiger partial charge >= 0.3 is 6.18 Å². The van der Waals surface area contributed by atoms with Crippen molar-refractivity contribution in [3.8, 4) is 0 Å². The number of carbonyl (C=O) groups is 3. The molecule has 0 heterocycles. The first-order chi connectivity index (χ1) is 9.38. The molecule has 0 aliphatic carbocycles. The molecule has 20 heavy (non-hydrogen) atoms. The van der Waals surface area contributed by atoms with Gasteiger partial charge in [-0.05, 0) is 18.2 Å². The molecule has 3 N–H and O–H groups in total. The van der Waals surface area contributed by atoms with Gasteiger partial charge in [0.15, 0.2) is 6.29 Å². The molecule has 0 atom stereocenters. The Balaban J connectivity index is 2.86. The van der Waals surface area contributed by atoms with Crippen LogP contribution >= 0.6 is 0 Å². The summed E-state index contributed by atoms with van der Waals surface area (Å²) in [6.07, 6.45) is -5.36. The smallest absolute Gasteiger partial charge is 0.321 e. The Labute approximate surface area is 111 Å². The third-order valence-electron chi connectivity index (χ3n) is 2.20. The van der Waals surface area contributed by atoms with Gasteiger partial charge in [0.05, 0.1) is 5.56 Å². The van der Waals surface area contributed by atoms with E-state index in [-0.39, 0.29) is 18.4 Å². The zero-order valence-corrected chi connectivity index (χ0v) is 9.90. The Morgan fingerprint density at radius 1 is 1.15 bits per heavy atom. The van der Waals surface area contributed by atoms with E-state index in [0.29, 0.717) is 6.07 Å². The summed E-state index contributed by atoms with van der Waals surface area (Å²) in [4.78, 5) is 32.1. The first-order valence-electron chi connectivity index (χ1n) is 5.26. The van der Waals surface area contributed by atoms with Crippen molar-refractivity contribution >= 4 is 18.7 Å². The van der Waals surface area contributed by atoms with E-state index in [1.54, 1.807) is 0 Å². The SMILES string of the molecule is O=CNC(NC=O)NC(=O)c1cccc(C(F)(F)F)c1. The summed E-state index contributed by atoms with van der Waals surface area (Å²) >= 11 is 0. The minimum absolute atomic E-state index is 0.216. The number of hydrogen-bond acceptors (Lipinski definition) is 3. The first kappa shape index (κ1) is 15.5. The van der Waals surface area contributed by atoms with Crippen LogP contribution < -0.4 is 16.0 Å². The van der Waals surface area contributed by atoms with Crippen LogP contribution in [0.1, 0.15) is 15.9 Å². The summed E-state index contributed by atoms with van der Waals surface area (Å²) in [7, 11) is 0. The van der Waals surface area contributed by atoms with E-state index in [2.05, 4.69) is 16.0 Å². The molecule has 9 heteroatoms. The van der Waals surface area contributed by atoms with Crippen LogP contribution in [0.2, 0.25) is 0 Å². The third-order valence-corrected chi connectivity index (χ3v) is 2.20. The molecule has 0 spiro atoms. The molecule has 0 bridgehead atoms. The topological polar surface area (TPSA) is 87.3 Å². The Morgan fingerprint density at radius 2 is 1.75 bits per heavy atom. The van der Waals surface area contributed by atoms with E-state index in [9.17, 15) is 27.6 Å². The maximum Gasteiger partial charge on any atom is 0.416 e. The molecule has 0 saturated carbocycles. The fourth-order valence-corrected chi connectivity index (χ4v) is 1.32. The molecule has 6 nitrogen and oxygen atoms in total. The monoisotopic (exact) mass is 289 g/mol. The summed E-state index contributed by atoms with van der Waals surface area (Å²) in [6.45, 7) is 0. The van der Waals surface area contributed by atoms with Crippen molar-refractivity contribution in [2.45, 2.75) is 12.5 Å². The molecule has 0 fully saturated rings. The van der Waals surface area contributed by atoms with Crippen LogP contribution in [0, 0.1) is 0 Å². The first-order valence-corrected chi connectivity index (χ1v) is 5.26. The highest BCUT2D eigenvalue weighted by molar-refractivity contribution is 5.94. The van der Waals surface area contributed by atoms with Gasteiger partial charge in [0, 0.05) is 5.56 Å². The van der Waals surface area contributed by atoms with Crippen molar-refractivity contribution in [3.63, 3.8) is 0 Å². The molecular weight excluding hydrogens is 279 g/mol. The normalized spacial score (nSPS) is 10.8. The highest BCUT2D eigenvalue weighted by atomic mass is 19.4. The minimum atomic E-state index is -4.57. The predicted molar refractivity (Wildman–Crippen MR) is 61.1 cm³/mol. The molecule has 0 aliphatic rings. The largest absolute Gasteiger partial charge is 0.416 e. The van der Waals surface area contributed by atoms with Crippen molar-refractivity contribution < 1.29 is 27.6 Å². The number of benzene rings is 1. The number of nitrogens with one attached hydrogen (secondary N) is 3. The van der Waals surface area contributed by atoms with Gasteiger partial charge in [-0.2, -0.15) is 13.2 Å². The average Bonchev–Trinajstić information content (AvgIpc) is 2.38. The zero-order valence-electron chi connectivity index (χ0n) is 9.90. The van der Waals surface area contributed by atoms with Gasteiger partial charge in [-0.3, -0.25) is 14.4 Å². The predicted octanol–water partition coefficient (Wildman–Crippen LogP) is 0.211. The number of amides is 3. The molecule has 1 aromatic rings. The molecular formula is C11H10F3N3O3. The van der Waals surface area contributed by atoms with E-state index in [1.807, 2.05) is 0 Å². The fourth-order valence-electron chi connectivity index (χ4n) is 1.32. The van der Waals surface area contributed by atoms with Crippen molar-refractivity contribution in [2.75, 3.05) is 0 Å². The summed E-state index contributed by atoms with van der Waals surface area (Å²) in [5.41, 5.74) is -1.24. The van der Waals surface area contributed by atoms with Gasteiger partial charge in [0.1, 0.15) is 0 Å². The standard InChI is InChI=1S/C11H10F3N3O3/c12-11(13,14)8-3-1-2-7(4-8)9(20)17-10(15-5-18)16-6-19/h1-6,10H,(H,15,18)(H,16,19)(H,17,20). The maximum atomic E-state index is 12.5. The van der Waals surface area contributed by atoms with E-state index in [4.69, 9.17) is 0 Å². The highest BCUT2D eigenvalue weighted by Gasteiger charge is 2.31. The van der Waals surface area contributed by atoms with Gasteiger partial charge < -0.3 is 16.0 Å². The number of hydrogen-bond donors (Lipinski definition) is 3. The van der Waals surface area contributed by atoms with Crippen molar-refractivity contribution in [3.05, 3.63) is 35.4 Å². The molecule has 0 aromatic heterocycles. The quantitative estimate of drug-likeness (QED) is 0.517. The molecule has 1 aromatic carbocycles. The van der Waals surface area contributed by atoms with E-state index >= 15 is 0 Å². The average molecular weight is 289 g/mol. The second kappa shape index (κ2) is 6.55. The highest BCUT2D eigenvalue weighted by Crippen LogP contribution is 2.29. The van der Waals surface area contributed by atoms with Crippen LogP contribution in [0.15, 0.2) is 24.3 Å². The van der Waals surface area contributed by atoms with E-state index in [0.717, 1.165) is 12.1 Å². The van der Waals surface area contributed by atoms with Crippen molar-refractivity contribution in [2.24, 2.45) is 0 Å². The van der Waals surface area contributed by atoms with E-state index in [1.165, 1.54) is 6.07 Å². The lowest BCUT2D eigenvalue weighted by atomic mass is 10.1. The summed E-state index contributed by atoms with van der Waals surface area (Å²) in [5.74, 6) is -0.884. The van der Waals surface area contributed by atoms with Gasteiger partial charge in [0.25, 0.3) is 5.91 Å². The zero-order chi connectivity index (χ0) is 15.2. The van der Waals surface area contributed by atoms with Crippen molar-refractivity contribution in [1.29, 1.82) is 0 Å².